The van der Waals surface area contributed by atoms with Gasteiger partial charge in [0.15, 0.2) is 0 Å². The van der Waals surface area contributed by atoms with Crippen molar-refractivity contribution in [3.63, 3.8) is 0 Å². The van der Waals surface area contributed by atoms with E-state index < -0.39 is 0 Å². The lowest BCUT2D eigenvalue weighted by molar-refractivity contribution is 0.544. The van der Waals surface area contributed by atoms with E-state index in [2.05, 4.69) is 23.3 Å². The van der Waals surface area contributed by atoms with Gasteiger partial charge in [-0.05, 0) is 13.5 Å². The molecule has 0 aliphatic heterocycles. The van der Waals surface area contributed by atoms with Crippen LogP contribution in [-0.4, -0.2) is 22.6 Å². The van der Waals surface area contributed by atoms with E-state index in [4.69, 9.17) is 5.26 Å². The lowest BCUT2D eigenvalue weighted by atomic mass is 10.3. The average Bonchev–Trinajstić information content (AvgIpc) is 2.62. The van der Waals surface area contributed by atoms with Crippen molar-refractivity contribution in [2.24, 2.45) is 0 Å². The zero-order valence-corrected chi connectivity index (χ0v) is 8.70. The molecule has 4 nitrogen and oxygen atoms in total. The van der Waals surface area contributed by atoms with Gasteiger partial charge in [0.05, 0.1) is 12.6 Å². The number of hydrogen-bond donors (Lipinski definition) is 1. The number of rotatable bonds is 5. The second-order valence-electron chi connectivity index (χ2n) is 3.22. The van der Waals surface area contributed by atoms with Crippen LogP contribution in [0.1, 0.15) is 19.2 Å². The van der Waals surface area contributed by atoms with Crippen LogP contribution in [-0.2, 0) is 13.0 Å². The molecule has 0 bridgehead atoms. The van der Waals surface area contributed by atoms with E-state index in [1.54, 1.807) is 13.2 Å². The van der Waals surface area contributed by atoms with E-state index in [-0.39, 0.29) is 6.04 Å². The molecule has 4 heteroatoms. The summed E-state index contributed by atoms with van der Waals surface area (Å²) in [4.78, 5) is 4.25. The number of hydrogen-bond acceptors (Lipinski definition) is 3. The lowest BCUT2D eigenvalue weighted by Crippen LogP contribution is -2.28. The fraction of sp³-hybridized carbons (Fsp3) is 0.600. The highest BCUT2D eigenvalue weighted by molar-refractivity contribution is 4.97. The second kappa shape index (κ2) is 5.40. The number of nitrogens with zero attached hydrogens (tertiary/aromatic N) is 3. The molecule has 14 heavy (non-hydrogen) atoms. The zero-order valence-electron chi connectivity index (χ0n) is 8.70. The standard InChI is InChI=1S/C10H16N4/c1-3-4-10-13-5-6-14(10)8-9(7-11)12-2/h5-6,9,12H,3-4,8H2,1-2H3. The van der Waals surface area contributed by atoms with Gasteiger partial charge in [0.2, 0.25) is 0 Å². The first-order chi connectivity index (χ1) is 6.81. The normalized spacial score (nSPS) is 12.4. The van der Waals surface area contributed by atoms with Crippen LogP contribution in [0.25, 0.3) is 0 Å². The van der Waals surface area contributed by atoms with Gasteiger partial charge in [-0.1, -0.05) is 6.92 Å². The quantitative estimate of drug-likeness (QED) is 0.755. The van der Waals surface area contributed by atoms with Crippen molar-refractivity contribution in [2.45, 2.75) is 32.4 Å². The van der Waals surface area contributed by atoms with Crippen LogP contribution >= 0.6 is 0 Å². The van der Waals surface area contributed by atoms with Crippen LogP contribution in [0.15, 0.2) is 12.4 Å². The van der Waals surface area contributed by atoms with Crippen LogP contribution in [0.2, 0.25) is 0 Å². The Bertz CT molecular complexity index is 310. The van der Waals surface area contributed by atoms with E-state index in [0.29, 0.717) is 6.54 Å². The van der Waals surface area contributed by atoms with Crippen molar-refractivity contribution >= 4 is 0 Å². The minimum atomic E-state index is -0.139. The summed E-state index contributed by atoms with van der Waals surface area (Å²) in [6.07, 6.45) is 5.75. The van der Waals surface area contributed by atoms with E-state index in [1.807, 2.05) is 10.8 Å². The zero-order chi connectivity index (χ0) is 10.4. The molecule has 1 heterocycles. The number of nitrogens with one attached hydrogen (secondary N) is 1. The Kier molecular flexibility index (Phi) is 4.14. The number of aryl methyl sites for hydroxylation is 1. The molecule has 0 fully saturated rings. The van der Waals surface area contributed by atoms with Crippen LogP contribution in [0.5, 0.6) is 0 Å². The van der Waals surface area contributed by atoms with Crippen LogP contribution in [0.4, 0.5) is 0 Å². The predicted octanol–water partition coefficient (Wildman–Crippen LogP) is 0.947. The van der Waals surface area contributed by atoms with Gasteiger partial charge in [-0.25, -0.2) is 4.98 Å². The summed E-state index contributed by atoms with van der Waals surface area (Å²) in [6, 6.07) is 2.06. The Morgan fingerprint density at radius 2 is 2.50 bits per heavy atom. The molecular weight excluding hydrogens is 176 g/mol. The van der Waals surface area contributed by atoms with Gasteiger partial charge in [-0.2, -0.15) is 5.26 Å². The Morgan fingerprint density at radius 1 is 1.71 bits per heavy atom. The molecule has 0 saturated heterocycles. The molecule has 0 radical (unpaired) electrons. The first-order valence-corrected chi connectivity index (χ1v) is 4.88. The molecule has 0 spiro atoms. The molecule has 0 aliphatic carbocycles. The van der Waals surface area contributed by atoms with E-state index in [1.165, 1.54) is 0 Å². The summed E-state index contributed by atoms with van der Waals surface area (Å²) in [5.41, 5.74) is 0. The van der Waals surface area contributed by atoms with Crippen molar-refractivity contribution in [1.82, 2.24) is 14.9 Å². The molecule has 1 atom stereocenters. The van der Waals surface area contributed by atoms with Crippen LogP contribution in [0, 0.1) is 11.3 Å². The van der Waals surface area contributed by atoms with Gasteiger partial charge in [0.1, 0.15) is 11.9 Å². The SMILES string of the molecule is CCCc1nccn1CC(C#N)NC. The number of aromatic nitrogens is 2. The molecular formula is C10H16N4. The summed E-state index contributed by atoms with van der Waals surface area (Å²) >= 11 is 0. The summed E-state index contributed by atoms with van der Waals surface area (Å²) in [6.45, 7) is 2.79. The van der Waals surface area contributed by atoms with Crippen LogP contribution < -0.4 is 5.32 Å². The summed E-state index contributed by atoms with van der Waals surface area (Å²) < 4.78 is 2.04. The molecule has 1 aromatic heterocycles. The first-order valence-electron chi connectivity index (χ1n) is 4.88. The van der Waals surface area contributed by atoms with Gasteiger partial charge >= 0.3 is 0 Å². The maximum Gasteiger partial charge on any atom is 0.113 e. The topological polar surface area (TPSA) is 53.6 Å². The summed E-state index contributed by atoms with van der Waals surface area (Å²) in [7, 11) is 1.80. The maximum absolute atomic E-state index is 8.80. The van der Waals surface area contributed by atoms with Crippen molar-refractivity contribution in [2.75, 3.05) is 7.05 Å². The van der Waals surface area contributed by atoms with Crippen molar-refractivity contribution in [3.8, 4) is 6.07 Å². The molecule has 0 saturated carbocycles. The Morgan fingerprint density at radius 3 is 3.07 bits per heavy atom. The Hall–Kier alpha value is -1.34. The van der Waals surface area contributed by atoms with Gasteiger partial charge in [0, 0.05) is 18.8 Å². The summed E-state index contributed by atoms with van der Waals surface area (Å²) in [5, 5.41) is 11.7. The highest BCUT2D eigenvalue weighted by atomic mass is 15.1. The van der Waals surface area contributed by atoms with E-state index in [0.717, 1.165) is 18.7 Å². The number of nitriles is 1. The van der Waals surface area contributed by atoms with E-state index >= 15 is 0 Å². The predicted molar refractivity (Wildman–Crippen MR) is 54.7 cm³/mol. The van der Waals surface area contributed by atoms with E-state index in [9.17, 15) is 0 Å². The largest absolute Gasteiger partial charge is 0.332 e. The Labute approximate surface area is 84.6 Å². The third-order valence-electron chi connectivity index (χ3n) is 2.16. The Balaban J connectivity index is 2.66. The van der Waals surface area contributed by atoms with Gasteiger partial charge in [-0.3, -0.25) is 0 Å². The molecule has 1 rings (SSSR count). The van der Waals surface area contributed by atoms with Gasteiger partial charge < -0.3 is 9.88 Å². The highest BCUT2D eigenvalue weighted by Crippen LogP contribution is 2.02. The highest BCUT2D eigenvalue weighted by Gasteiger charge is 2.07. The minimum Gasteiger partial charge on any atom is -0.332 e. The van der Waals surface area contributed by atoms with Gasteiger partial charge in [-0.15, -0.1) is 0 Å². The number of likely N-dealkylation sites (N-methyl/N-ethyl adjacent to an activating group) is 1. The number of imidazole rings is 1. The average molecular weight is 192 g/mol. The monoisotopic (exact) mass is 192 g/mol. The smallest absolute Gasteiger partial charge is 0.113 e. The fourth-order valence-corrected chi connectivity index (χ4v) is 1.35. The third-order valence-corrected chi connectivity index (χ3v) is 2.16. The molecule has 1 aromatic rings. The lowest BCUT2D eigenvalue weighted by Gasteiger charge is -2.10. The summed E-state index contributed by atoms with van der Waals surface area (Å²) in [5.74, 6) is 1.06. The third kappa shape index (κ3) is 2.57. The fourth-order valence-electron chi connectivity index (χ4n) is 1.35. The van der Waals surface area contributed by atoms with Gasteiger partial charge in [0.25, 0.3) is 0 Å². The molecule has 1 unspecified atom stereocenters. The van der Waals surface area contributed by atoms with Crippen LogP contribution in [0.3, 0.4) is 0 Å². The minimum absolute atomic E-state index is 0.139. The maximum atomic E-state index is 8.80. The van der Waals surface area contributed by atoms with Crippen molar-refractivity contribution < 1.29 is 0 Å². The molecule has 0 aliphatic rings. The molecule has 1 N–H and O–H groups in total. The van der Waals surface area contributed by atoms with Crippen molar-refractivity contribution in [3.05, 3.63) is 18.2 Å². The molecule has 0 aromatic carbocycles. The molecule has 76 valence electrons. The second-order valence-corrected chi connectivity index (χ2v) is 3.22. The van der Waals surface area contributed by atoms with Crippen molar-refractivity contribution in [1.29, 1.82) is 5.26 Å². The first kappa shape index (κ1) is 10.7. The molecule has 0 amide bonds.